The van der Waals surface area contributed by atoms with Crippen LogP contribution in [0, 0.1) is 23.2 Å². The molecule has 5 aliphatic rings. The van der Waals surface area contributed by atoms with Gasteiger partial charge in [0.2, 0.25) is 0 Å². The second-order valence-corrected chi connectivity index (χ2v) is 11.5. The molecule has 2 nitrogen and oxygen atoms in total. The Morgan fingerprint density at radius 1 is 1.15 bits per heavy atom. The highest BCUT2D eigenvalue weighted by Crippen LogP contribution is 2.60. The second kappa shape index (κ2) is 6.10. The summed E-state index contributed by atoms with van der Waals surface area (Å²) in [6.45, 7) is 4.38. The molecule has 4 bridgehead atoms. The molecule has 1 N–H and O–H groups in total. The molecule has 0 saturated heterocycles. The van der Waals surface area contributed by atoms with Gasteiger partial charge in [-0.2, -0.15) is 0 Å². The minimum atomic E-state index is -0.0885. The van der Waals surface area contributed by atoms with Crippen LogP contribution in [0.5, 0.6) is 0 Å². The molecule has 0 aromatic heterocycles. The summed E-state index contributed by atoms with van der Waals surface area (Å²) in [5.74, 6) is 2.72. The number of hydrogen-bond donors (Lipinski definition) is 1. The predicted molar refractivity (Wildman–Crippen MR) is 114 cm³/mol. The van der Waals surface area contributed by atoms with E-state index in [1.165, 1.54) is 24.8 Å². The van der Waals surface area contributed by atoms with Gasteiger partial charge in [0.15, 0.2) is 5.78 Å². The number of carbonyl (C=O) groups is 1. The van der Waals surface area contributed by atoms with Crippen LogP contribution in [-0.4, -0.2) is 11.3 Å². The van der Waals surface area contributed by atoms with E-state index in [9.17, 15) is 4.79 Å². The molecular weight excluding hydrogens is 422 g/mol. The van der Waals surface area contributed by atoms with Crippen molar-refractivity contribution in [1.82, 2.24) is 5.32 Å². The van der Waals surface area contributed by atoms with Gasteiger partial charge in [0.25, 0.3) is 0 Å². The van der Waals surface area contributed by atoms with Crippen LogP contribution in [0.25, 0.3) is 5.70 Å². The van der Waals surface area contributed by atoms with E-state index < -0.39 is 0 Å². The Hall–Kier alpha value is -0.800. The molecule has 4 aliphatic carbocycles. The number of benzene rings is 1. The lowest BCUT2D eigenvalue weighted by atomic mass is 9.48. The number of rotatable bonds is 2. The summed E-state index contributed by atoms with van der Waals surface area (Å²) in [7, 11) is 0. The van der Waals surface area contributed by atoms with Crippen LogP contribution in [0.2, 0.25) is 5.02 Å². The molecule has 1 aliphatic heterocycles. The second-order valence-electron chi connectivity index (χ2n) is 10.2. The smallest absolute Gasteiger partial charge is 0.163 e. The number of nitrogens with one attached hydrogen (secondary N) is 1. The average molecular weight is 449 g/mol. The first kappa shape index (κ1) is 18.2. The van der Waals surface area contributed by atoms with E-state index in [4.69, 9.17) is 11.6 Å². The molecule has 4 saturated carbocycles. The van der Waals surface area contributed by atoms with Gasteiger partial charge in [0, 0.05) is 32.8 Å². The van der Waals surface area contributed by atoms with Crippen molar-refractivity contribution in [2.24, 2.45) is 23.2 Å². The number of halogens is 2. The molecule has 0 unspecified atom stereocenters. The van der Waals surface area contributed by atoms with Gasteiger partial charge in [-0.25, -0.2) is 0 Å². The van der Waals surface area contributed by atoms with Crippen LogP contribution < -0.4 is 5.32 Å². The Morgan fingerprint density at radius 2 is 1.74 bits per heavy atom. The normalized spacial score (nSPS) is 37.2. The molecule has 1 heterocycles. The third-order valence-corrected chi connectivity index (χ3v) is 8.58. The van der Waals surface area contributed by atoms with Crippen LogP contribution in [-0.2, 0) is 11.2 Å². The zero-order valence-corrected chi connectivity index (χ0v) is 18.4. The number of fused-ring (bicyclic) bond motifs is 1. The van der Waals surface area contributed by atoms with Crippen LogP contribution in [0.4, 0.5) is 0 Å². The molecule has 0 amide bonds. The third-order valence-electron chi connectivity index (χ3n) is 7.38. The summed E-state index contributed by atoms with van der Waals surface area (Å²) in [4.78, 5) is 13.6. The minimum absolute atomic E-state index is 0.0856. The molecule has 4 heteroatoms. The van der Waals surface area contributed by atoms with Crippen LogP contribution >= 0.6 is 27.5 Å². The van der Waals surface area contributed by atoms with Crippen molar-refractivity contribution in [3.05, 3.63) is 38.8 Å². The number of hydrogen-bond acceptors (Lipinski definition) is 2. The largest absolute Gasteiger partial charge is 0.379 e. The van der Waals surface area contributed by atoms with Gasteiger partial charge in [-0.15, -0.1) is 0 Å². The molecule has 4 fully saturated rings. The molecule has 0 spiro atoms. The van der Waals surface area contributed by atoms with Gasteiger partial charge < -0.3 is 5.32 Å². The van der Waals surface area contributed by atoms with Crippen LogP contribution in [0.3, 0.4) is 0 Å². The Bertz CT molecular complexity index is 821. The van der Waals surface area contributed by atoms with Crippen molar-refractivity contribution in [1.29, 1.82) is 0 Å². The fraction of sp³-hybridized carbons (Fsp3) is 0.609. The van der Waals surface area contributed by atoms with Crippen molar-refractivity contribution in [2.45, 2.75) is 64.3 Å². The first-order valence-corrected chi connectivity index (χ1v) is 11.4. The van der Waals surface area contributed by atoms with Crippen molar-refractivity contribution < 1.29 is 4.79 Å². The van der Waals surface area contributed by atoms with Crippen molar-refractivity contribution in [3.63, 3.8) is 0 Å². The maximum absolute atomic E-state index is 13.6. The third kappa shape index (κ3) is 3.09. The zero-order chi connectivity index (χ0) is 19.0. The summed E-state index contributed by atoms with van der Waals surface area (Å²) in [6, 6.07) is 4.12. The quantitative estimate of drug-likeness (QED) is 0.549. The van der Waals surface area contributed by atoms with Gasteiger partial charge in [-0.05, 0) is 110 Å². The summed E-state index contributed by atoms with van der Waals surface area (Å²) in [5.41, 5.74) is 3.13. The number of ketones is 1. The SMILES string of the molecule is CC1(C)Cc2cc(Cl)c(Br)cc2/C(=C/C(=O)C23CC4CC(CC(C4)C2)C3)N1. The Morgan fingerprint density at radius 3 is 2.33 bits per heavy atom. The summed E-state index contributed by atoms with van der Waals surface area (Å²) in [5, 5.41) is 4.37. The van der Waals surface area contributed by atoms with Crippen molar-refractivity contribution in [2.75, 3.05) is 0 Å². The summed E-state index contributed by atoms with van der Waals surface area (Å²) in [6.07, 6.45) is 10.3. The molecule has 144 valence electrons. The maximum Gasteiger partial charge on any atom is 0.163 e. The number of allylic oxidation sites excluding steroid dienone is 1. The molecular formula is C23H27BrClNO. The maximum atomic E-state index is 13.6. The van der Waals surface area contributed by atoms with E-state index in [0.29, 0.717) is 5.78 Å². The highest BCUT2D eigenvalue weighted by Gasteiger charge is 2.54. The van der Waals surface area contributed by atoms with Gasteiger partial charge in [0.1, 0.15) is 0 Å². The highest BCUT2D eigenvalue weighted by molar-refractivity contribution is 9.10. The molecule has 0 radical (unpaired) electrons. The van der Waals surface area contributed by atoms with E-state index in [2.05, 4.69) is 41.2 Å². The molecule has 1 aromatic rings. The fourth-order valence-corrected chi connectivity index (χ4v) is 7.28. The monoisotopic (exact) mass is 447 g/mol. The van der Waals surface area contributed by atoms with Gasteiger partial charge in [-0.3, -0.25) is 4.79 Å². The van der Waals surface area contributed by atoms with Crippen molar-refractivity contribution >= 4 is 39.0 Å². The van der Waals surface area contributed by atoms with Crippen LogP contribution in [0.1, 0.15) is 63.5 Å². The van der Waals surface area contributed by atoms with E-state index in [1.807, 2.05) is 12.1 Å². The molecule has 6 rings (SSSR count). The molecule has 1 aromatic carbocycles. The summed E-state index contributed by atoms with van der Waals surface area (Å²) < 4.78 is 0.887. The van der Waals surface area contributed by atoms with Gasteiger partial charge >= 0.3 is 0 Å². The fourth-order valence-electron chi connectivity index (χ4n) is 6.75. The summed E-state index contributed by atoms with van der Waals surface area (Å²) >= 11 is 9.91. The first-order chi connectivity index (χ1) is 12.7. The van der Waals surface area contributed by atoms with Gasteiger partial charge in [0.05, 0.1) is 5.02 Å². The van der Waals surface area contributed by atoms with Crippen molar-refractivity contribution in [3.8, 4) is 0 Å². The highest BCUT2D eigenvalue weighted by atomic mass is 79.9. The Kier molecular flexibility index (Phi) is 4.12. The lowest BCUT2D eigenvalue weighted by Gasteiger charge is -2.55. The van der Waals surface area contributed by atoms with E-state index >= 15 is 0 Å². The van der Waals surface area contributed by atoms with E-state index in [0.717, 1.165) is 64.2 Å². The first-order valence-electron chi connectivity index (χ1n) is 10.3. The standard InChI is InChI=1S/C23H27BrClNO/c1-22(2)12-16-6-19(25)18(24)7-17(16)20(26-22)8-21(27)23-9-13-3-14(10-23)5-15(4-13)11-23/h6-8,13-15,26H,3-5,9-12H2,1-2H3/b20-8-. The molecule has 0 atom stereocenters. The topological polar surface area (TPSA) is 29.1 Å². The molecule has 27 heavy (non-hydrogen) atoms. The average Bonchev–Trinajstić information content (AvgIpc) is 2.54. The lowest BCUT2D eigenvalue weighted by Crippen LogP contribution is -2.50. The Balaban J connectivity index is 1.53. The van der Waals surface area contributed by atoms with Gasteiger partial charge in [-0.1, -0.05) is 11.6 Å². The van der Waals surface area contributed by atoms with E-state index in [1.54, 1.807) is 0 Å². The number of carbonyl (C=O) groups excluding carboxylic acids is 1. The zero-order valence-electron chi connectivity index (χ0n) is 16.1. The Labute approximate surface area is 175 Å². The van der Waals surface area contributed by atoms with E-state index in [-0.39, 0.29) is 11.0 Å². The lowest BCUT2D eigenvalue weighted by molar-refractivity contribution is -0.138. The van der Waals surface area contributed by atoms with Crippen LogP contribution in [0.15, 0.2) is 22.7 Å². The minimum Gasteiger partial charge on any atom is -0.379 e. The predicted octanol–water partition coefficient (Wildman–Crippen LogP) is 6.15.